The van der Waals surface area contributed by atoms with Crippen molar-refractivity contribution in [2.75, 3.05) is 13.7 Å². The van der Waals surface area contributed by atoms with Crippen molar-refractivity contribution in [2.45, 2.75) is 38.8 Å². The van der Waals surface area contributed by atoms with Crippen molar-refractivity contribution < 1.29 is 14.3 Å². The molecule has 2 aromatic carbocycles. The Labute approximate surface area is 209 Å². The maximum Gasteiger partial charge on any atom is 0.407 e. The van der Waals surface area contributed by atoms with E-state index < -0.39 is 12.1 Å². The lowest BCUT2D eigenvalue weighted by Crippen LogP contribution is -2.51. The number of methoxy groups -OCH3 is 1. The van der Waals surface area contributed by atoms with Crippen LogP contribution in [0.2, 0.25) is 0 Å². The van der Waals surface area contributed by atoms with E-state index in [2.05, 4.69) is 25.3 Å². The van der Waals surface area contributed by atoms with Gasteiger partial charge in [-0.05, 0) is 41.0 Å². The van der Waals surface area contributed by atoms with Crippen molar-refractivity contribution in [3.63, 3.8) is 0 Å². The first-order valence-corrected chi connectivity index (χ1v) is 11.9. The fourth-order valence-electron chi connectivity index (χ4n) is 4.46. The summed E-state index contributed by atoms with van der Waals surface area (Å²) in [4.78, 5) is 37.7. The van der Waals surface area contributed by atoms with Crippen LogP contribution in [0.3, 0.4) is 0 Å². The number of alkyl carbamates (subject to hydrolysis) is 1. The molecular weight excluding hydrogens is 458 g/mol. The van der Waals surface area contributed by atoms with Crippen LogP contribution in [0.25, 0.3) is 32.8 Å². The van der Waals surface area contributed by atoms with Gasteiger partial charge in [-0.2, -0.15) is 0 Å². The molecule has 186 valence electrons. The molecular formula is C26H29N7O3. The minimum Gasteiger partial charge on any atom is -0.453 e. The third kappa shape index (κ3) is 5.34. The van der Waals surface area contributed by atoms with Crippen LogP contribution in [0.4, 0.5) is 10.5 Å². The Morgan fingerprint density at radius 1 is 1.14 bits per heavy atom. The molecule has 0 saturated carbocycles. The molecule has 10 heteroatoms. The van der Waals surface area contributed by atoms with Gasteiger partial charge in [-0.1, -0.05) is 67.5 Å². The Morgan fingerprint density at radius 3 is 2.39 bits per heavy atom. The van der Waals surface area contributed by atoms with Crippen LogP contribution >= 0.6 is 0 Å². The molecule has 1 aromatic heterocycles. The number of hydrogen-bond acceptors (Lipinski definition) is 5. The second-order valence-corrected chi connectivity index (χ2v) is 9.04. The van der Waals surface area contributed by atoms with Crippen LogP contribution in [-0.2, 0) is 9.53 Å². The quantitative estimate of drug-likeness (QED) is 0.250. The lowest BCUT2D eigenvalue weighted by Gasteiger charge is -2.30. The highest BCUT2D eigenvalue weighted by atomic mass is 16.5. The maximum atomic E-state index is 13.3. The van der Waals surface area contributed by atoms with Crippen LogP contribution in [0.15, 0.2) is 59.8 Å². The van der Waals surface area contributed by atoms with E-state index >= 15 is 0 Å². The Balaban J connectivity index is 1.50. The van der Waals surface area contributed by atoms with Crippen LogP contribution < -0.4 is 5.32 Å². The van der Waals surface area contributed by atoms with Gasteiger partial charge in [0.1, 0.15) is 11.9 Å². The number of H-pyrrole nitrogens is 1. The summed E-state index contributed by atoms with van der Waals surface area (Å²) in [7, 11) is 1.29. The van der Waals surface area contributed by atoms with Gasteiger partial charge in [0.25, 0.3) is 0 Å². The van der Waals surface area contributed by atoms with Gasteiger partial charge in [-0.25, -0.2) is 9.78 Å². The number of imidazole rings is 1. The van der Waals surface area contributed by atoms with E-state index in [1.807, 2.05) is 50.2 Å². The lowest BCUT2D eigenvalue weighted by molar-refractivity contribution is -0.135. The monoisotopic (exact) mass is 487 g/mol. The highest BCUT2D eigenvalue weighted by molar-refractivity contribution is 5.86. The molecule has 0 spiro atoms. The molecule has 1 aliphatic heterocycles. The van der Waals surface area contributed by atoms with Crippen molar-refractivity contribution in [3.8, 4) is 22.4 Å². The number of carbonyl (C=O) groups excluding carboxylic acids is 2. The normalized spacial score (nSPS) is 15.9. The van der Waals surface area contributed by atoms with Crippen LogP contribution in [0, 0.1) is 5.92 Å². The number of azide groups is 1. The van der Waals surface area contributed by atoms with Crippen LogP contribution in [-0.4, -0.2) is 46.6 Å². The van der Waals surface area contributed by atoms with E-state index in [1.54, 1.807) is 23.2 Å². The summed E-state index contributed by atoms with van der Waals surface area (Å²) >= 11 is 0. The summed E-state index contributed by atoms with van der Waals surface area (Å²) in [5, 5.41) is 6.27. The summed E-state index contributed by atoms with van der Waals surface area (Å²) < 4.78 is 4.70. The number of benzene rings is 2. The molecule has 0 radical (unpaired) electrons. The molecule has 3 aromatic rings. The second-order valence-electron chi connectivity index (χ2n) is 9.04. The number of rotatable bonds is 7. The Hall–Kier alpha value is -4.30. The number of carbonyl (C=O) groups is 2. The third-order valence-electron chi connectivity index (χ3n) is 6.40. The highest BCUT2D eigenvalue weighted by Crippen LogP contribution is 2.33. The van der Waals surface area contributed by atoms with Gasteiger partial charge in [-0.15, -0.1) is 0 Å². The fourth-order valence-corrected chi connectivity index (χ4v) is 4.46. The lowest BCUT2D eigenvalue weighted by atomic mass is 10.0. The molecule has 2 amide bonds. The smallest absolute Gasteiger partial charge is 0.407 e. The van der Waals surface area contributed by atoms with Crippen LogP contribution in [0.1, 0.15) is 38.6 Å². The summed E-state index contributed by atoms with van der Waals surface area (Å²) in [5.41, 5.74) is 13.0. The van der Waals surface area contributed by atoms with Crippen LogP contribution in [0.5, 0.6) is 0 Å². The van der Waals surface area contributed by atoms with E-state index in [0.29, 0.717) is 12.2 Å². The third-order valence-corrected chi connectivity index (χ3v) is 6.40. The zero-order valence-electron chi connectivity index (χ0n) is 20.5. The Bertz CT molecular complexity index is 1260. The minimum atomic E-state index is -0.666. The number of amides is 2. The number of nitrogens with zero attached hydrogens (tertiary/aromatic N) is 5. The molecule has 0 aliphatic carbocycles. The molecule has 1 fully saturated rings. The van der Waals surface area contributed by atoms with E-state index in [0.717, 1.165) is 41.1 Å². The molecule has 0 bridgehead atoms. The van der Waals surface area contributed by atoms with Gasteiger partial charge in [0.15, 0.2) is 0 Å². The maximum absolute atomic E-state index is 13.3. The number of hydrogen-bond donors (Lipinski definition) is 2. The number of aromatic amines is 1. The molecule has 1 aliphatic rings. The number of nitrogens with one attached hydrogen (secondary N) is 2. The standard InChI is InChI=1S/C26H29N7O3/c1-16(2)23(30-26(35)36-3)25(34)33-14-4-5-22(33)24-28-15-21(29-24)19-8-6-17(7-9-19)18-10-12-20(13-11-18)31-32-27/h6-13,15-16,22-23H,4-5,14H2,1-3H3,(H,28,29)(H,30,35)/t22-,23+/m1/s1. The van der Waals surface area contributed by atoms with Gasteiger partial charge in [-0.3, -0.25) is 4.79 Å². The molecule has 36 heavy (non-hydrogen) atoms. The largest absolute Gasteiger partial charge is 0.453 e. The predicted octanol–water partition coefficient (Wildman–Crippen LogP) is 5.73. The minimum absolute atomic E-state index is 0.0844. The summed E-state index contributed by atoms with van der Waals surface area (Å²) in [6, 6.07) is 14.6. The average molecular weight is 488 g/mol. The van der Waals surface area contributed by atoms with Gasteiger partial charge < -0.3 is 19.9 Å². The van der Waals surface area contributed by atoms with Crippen molar-refractivity contribution in [1.29, 1.82) is 0 Å². The topological polar surface area (TPSA) is 136 Å². The fraction of sp³-hybridized carbons (Fsp3) is 0.346. The van der Waals surface area contributed by atoms with E-state index in [-0.39, 0.29) is 17.9 Å². The van der Waals surface area contributed by atoms with Gasteiger partial charge in [0, 0.05) is 17.1 Å². The van der Waals surface area contributed by atoms with E-state index in [9.17, 15) is 9.59 Å². The first kappa shape index (κ1) is 24.8. The SMILES string of the molecule is COC(=O)N[C@H](C(=O)N1CCC[C@@H]1c1ncc(-c2ccc(-c3ccc(N=[N+]=[N-])cc3)cc2)[nH]1)C(C)C. The van der Waals surface area contributed by atoms with Crippen molar-refractivity contribution in [2.24, 2.45) is 11.0 Å². The second kappa shape index (κ2) is 11.0. The predicted molar refractivity (Wildman–Crippen MR) is 136 cm³/mol. The molecule has 0 unspecified atom stereocenters. The van der Waals surface area contributed by atoms with Gasteiger partial charge >= 0.3 is 6.09 Å². The van der Waals surface area contributed by atoms with Crippen molar-refractivity contribution in [3.05, 3.63) is 71.0 Å². The van der Waals surface area contributed by atoms with Crippen molar-refractivity contribution in [1.82, 2.24) is 20.2 Å². The summed E-state index contributed by atoms with van der Waals surface area (Å²) in [6.45, 7) is 4.40. The highest BCUT2D eigenvalue weighted by Gasteiger charge is 2.37. The molecule has 4 rings (SSSR count). The molecule has 10 nitrogen and oxygen atoms in total. The van der Waals surface area contributed by atoms with E-state index in [4.69, 9.17) is 10.3 Å². The Kier molecular flexibility index (Phi) is 7.56. The number of ether oxygens (including phenoxy) is 1. The van der Waals surface area contributed by atoms with Gasteiger partial charge in [0.2, 0.25) is 5.91 Å². The zero-order chi connectivity index (χ0) is 25.7. The van der Waals surface area contributed by atoms with Crippen molar-refractivity contribution >= 4 is 17.7 Å². The van der Waals surface area contributed by atoms with E-state index in [1.165, 1.54) is 7.11 Å². The molecule has 1 saturated heterocycles. The Morgan fingerprint density at radius 2 is 1.78 bits per heavy atom. The molecule has 2 heterocycles. The summed E-state index contributed by atoms with van der Waals surface area (Å²) in [5.74, 6) is 0.514. The summed E-state index contributed by atoms with van der Waals surface area (Å²) in [6.07, 6.45) is 2.83. The number of aromatic nitrogens is 2. The number of likely N-dealkylation sites (tertiary alicyclic amines) is 1. The first-order chi connectivity index (χ1) is 17.4. The molecule has 2 N–H and O–H groups in total. The van der Waals surface area contributed by atoms with Gasteiger partial charge in [0.05, 0.1) is 25.0 Å². The first-order valence-electron chi connectivity index (χ1n) is 11.9. The zero-order valence-corrected chi connectivity index (χ0v) is 20.5. The average Bonchev–Trinajstić information content (AvgIpc) is 3.57. The molecule has 2 atom stereocenters.